The molecule has 0 aromatic heterocycles. The highest BCUT2D eigenvalue weighted by Gasteiger charge is 2.16. The Bertz CT molecular complexity index is 516. The standard InChI is InChI=1S/C15H20N2O4/c1-2-3-4-7-16-14(18)15(19)17-11-5-6-12-13(10-11)21-9-8-20-12/h5-6,10H,2-4,7-9H2,1H3,(H,16,18)(H,17,19). The van der Waals surface area contributed by atoms with Gasteiger partial charge in [0.25, 0.3) is 0 Å². The molecule has 2 N–H and O–H groups in total. The third kappa shape index (κ3) is 4.37. The molecule has 1 aromatic rings. The van der Waals surface area contributed by atoms with Gasteiger partial charge in [0.15, 0.2) is 11.5 Å². The number of amides is 2. The van der Waals surface area contributed by atoms with E-state index in [0.29, 0.717) is 36.9 Å². The van der Waals surface area contributed by atoms with Gasteiger partial charge >= 0.3 is 11.8 Å². The lowest BCUT2D eigenvalue weighted by Crippen LogP contribution is -2.35. The SMILES string of the molecule is CCCCCNC(=O)C(=O)Nc1ccc2c(c1)OCCO2. The van der Waals surface area contributed by atoms with Crippen LogP contribution in [0.2, 0.25) is 0 Å². The summed E-state index contributed by atoms with van der Waals surface area (Å²) in [5.41, 5.74) is 0.507. The van der Waals surface area contributed by atoms with Gasteiger partial charge in [-0.25, -0.2) is 0 Å². The maximum absolute atomic E-state index is 11.7. The molecule has 0 saturated carbocycles. The fraction of sp³-hybridized carbons (Fsp3) is 0.467. The van der Waals surface area contributed by atoms with Crippen molar-refractivity contribution in [3.63, 3.8) is 0 Å². The summed E-state index contributed by atoms with van der Waals surface area (Å²) in [6.07, 6.45) is 2.98. The quantitative estimate of drug-likeness (QED) is 0.640. The van der Waals surface area contributed by atoms with Gasteiger partial charge < -0.3 is 20.1 Å². The van der Waals surface area contributed by atoms with Crippen LogP contribution in [0, 0.1) is 0 Å². The first-order chi connectivity index (χ1) is 10.2. The van der Waals surface area contributed by atoms with E-state index >= 15 is 0 Å². The van der Waals surface area contributed by atoms with Gasteiger partial charge in [-0.3, -0.25) is 9.59 Å². The zero-order valence-electron chi connectivity index (χ0n) is 12.1. The third-order valence-electron chi connectivity index (χ3n) is 3.07. The number of hydrogen-bond acceptors (Lipinski definition) is 4. The van der Waals surface area contributed by atoms with Crippen molar-refractivity contribution in [2.45, 2.75) is 26.2 Å². The average Bonchev–Trinajstić information content (AvgIpc) is 2.51. The summed E-state index contributed by atoms with van der Waals surface area (Å²) < 4.78 is 10.8. The van der Waals surface area contributed by atoms with Gasteiger partial charge in [0.1, 0.15) is 13.2 Å². The fourth-order valence-electron chi connectivity index (χ4n) is 1.97. The number of unbranched alkanes of at least 4 members (excludes halogenated alkanes) is 2. The zero-order chi connectivity index (χ0) is 15.1. The van der Waals surface area contributed by atoms with Crippen LogP contribution in [0.25, 0.3) is 0 Å². The number of carbonyl (C=O) groups excluding carboxylic acids is 2. The molecule has 0 spiro atoms. The van der Waals surface area contributed by atoms with E-state index in [9.17, 15) is 9.59 Å². The Balaban J connectivity index is 1.86. The van der Waals surface area contributed by atoms with Crippen LogP contribution in [0.15, 0.2) is 18.2 Å². The normalized spacial score (nSPS) is 12.6. The predicted molar refractivity (Wildman–Crippen MR) is 78.6 cm³/mol. The van der Waals surface area contributed by atoms with Gasteiger partial charge in [-0.05, 0) is 18.6 Å². The van der Waals surface area contributed by atoms with Crippen LogP contribution >= 0.6 is 0 Å². The Morgan fingerprint density at radius 3 is 2.62 bits per heavy atom. The highest BCUT2D eigenvalue weighted by molar-refractivity contribution is 6.39. The number of rotatable bonds is 5. The van der Waals surface area contributed by atoms with Crippen molar-refractivity contribution in [2.75, 3.05) is 25.1 Å². The molecule has 2 amide bonds. The molecule has 0 aliphatic carbocycles. The lowest BCUT2D eigenvalue weighted by atomic mass is 10.2. The van der Waals surface area contributed by atoms with Crippen molar-refractivity contribution in [1.82, 2.24) is 5.32 Å². The summed E-state index contributed by atoms with van der Waals surface area (Å²) in [6, 6.07) is 5.04. The number of nitrogens with one attached hydrogen (secondary N) is 2. The molecule has 1 aliphatic rings. The van der Waals surface area contributed by atoms with E-state index in [-0.39, 0.29) is 0 Å². The third-order valence-corrected chi connectivity index (χ3v) is 3.07. The minimum absolute atomic E-state index is 0.475. The molecule has 114 valence electrons. The molecule has 1 aliphatic heterocycles. The molecular weight excluding hydrogens is 272 g/mol. The van der Waals surface area contributed by atoms with E-state index in [0.717, 1.165) is 19.3 Å². The van der Waals surface area contributed by atoms with E-state index in [4.69, 9.17) is 9.47 Å². The van der Waals surface area contributed by atoms with Gasteiger partial charge in [0.05, 0.1) is 0 Å². The molecule has 0 saturated heterocycles. The monoisotopic (exact) mass is 292 g/mol. The van der Waals surface area contributed by atoms with E-state index < -0.39 is 11.8 Å². The maximum atomic E-state index is 11.7. The van der Waals surface area contributed by atoms with E-state index in [2.05, 4.69) is 17.6 Å². The minimum Gasteiger partial charge on any atom is -0.486 e. The Labute approximate surface area is 123 Å². The van der Waals surface area contributed by atoms with Crippen LogP contribution in [0.3, 0.4) is 0 Å². The van der Waals surface area contributed by atoms with Gasteiger partial charge in [-0.15, -0.1) is 0 Å². The largest absolute Gasteiger partial charge is 0.486 e. The number of carbonyl (C=O) groups is 2. The first-order valence-corrected chi connectivity index (χ1v) is 7.19. The van der Waals surface area contributed by atoms with Gasteiger partial charge in [0.2, 0.25) is 0 Å². The first-order valence-electron chi connectivity index (χ1n) is 7.19. The summed E-state index contributed by atoms with van der Waals surface area (Å²) in [6.45, 7) is 3.58. The van der Waals surface area contributed by atoms with Crippen LogP contribution in [-0.2, 0) is 9.59 Å². The van der Waals surface area contributed by atoms with Gasteiger partial charge in [-0.2, -0.15) is 0 Å². The number of benzene rings is 1. The molecule has 6 nitrogen and oxygen atoms in total. The summed E-state index contributed by atoms with van der Waals surface area (Å²) >= 11 is 0. The van der Waals surface area contributed by atoms with E-state index in [1.54, 1.807) is 18.2 Å². The predicted octanol–water partition coefficient (Wildman–Crippen LogP) is 1.70. The summed E-state index contributed by atoms with van der Waals surface area (Å²) in [4.78, 5) is 23.4. The second-order valence-corrected chi connectivity index (χ2v) is 4.78. The maximum Gasteiger partial charge on any atom is 0.313 e. The van der Waals surface area contributed by atoms with Crippen molar-refractivity contribution < 1.29 is 19.1 Å². The summed E-state index contributed by atoms with van der Waals surface area (Å²) in [7, 11) is 0. The van der Waals surface area contributed by atoms with E-state index in [1.165, 1.54) is 0 Å². The van der Waals surface area contributed by atoms with Gasteiger partial charge in [0, 0.05) is 18.3 Å². The molecule has 1 aromatic carbocycles. The van der Waals surface area contributed by atoms with Crippen LogP contribution < -0.4 is 20.1 Å². The minimum atomic E-state index is -0.678. The molecule has 21 heavy (non-hydrogen) atoms. The molecule has 0 unspecified atom stereocenters. The Hall–Kier alpha value is -2.24. The molecule has 2 rings (SSSR count). The number of fused-ring (bicyclic) bond motifs is 1. The Morgan fingerprint density at radius 2 is 1.86 bits per heavy atom. The van der Waals surface area contributed by atoms with Crippen molar-refractivity contribution in [1.29, 1.82) is 0 Å². The highest BCUT2D eigenvalue weighted by Crippen LogP contribution is 2.32. The highest BCUT2D eigenvalue weighted by atomic mass is 16.6. The first kappa shape index (κ1) is 15.2. The second-order valence-electron chi connectivity index (χ2n) is 4.78. The molecule has 6 heteroatoms. The van der Waals surface area contributed by atoms with Crippen molar-refractivity contribution >= 4 is 17.5 Å². The molecule has 1 heterocycles. The van der Waals surface area contributed by atoms with Gasteiger partial charge in [-0.1, -0.05) is 19.8 Å². The summed E-state index contributed by atoms with van der Waals surface area (Å²) in [5.74, 6) is -0.0881. The molecule has 0 atom stereocenters. The second kappa shape index (κ2) is 7.52. The van der Waals surface area contributed by atoms with Crippen LogP contribution in [0.4, 0.5) is 5.69 Å². The Kier molecular flexibility index (Phi) is 5.43. The zero-order valence-corrected chi connectivity index (χ0v) is 12.1. The number of hydrogen-bond donors (Lipinski definition) is 2. The Morgan fingerprint density at radius 1 is 1.10 bits per heavy atom. The van der Waals surface area contributed by atoms with E-state index in [1.807, 2.05) is 0 Å². The van der Waals surface area contributed by atoms with Crippen molar-refractivity contribution in [3.8, 4) is 11.5 Å². The topological polar surface area (TPSA) is 76.7 Å². The number of anilines is 1. The lowest BCUT2D eigenvalue weighted by molar-refractivity contribution is -0.136. The molecule has 0 fully saturated rings. The molecule has 0 radical (unpaired) electrons. The molecule has 0 bridgehead atoms. The van der Waals surface area contributed by atoms with Crippen LogP contribution in [-0.4, -0.2) is 31.6 Å². The summed E-state index contributed by atoms with van der Waals surface area (Å²) in [5, 5.41) is 5.14. The van der Waals surface area contributed by atoms with Crippen LogP contribution in [0.1, 0.15) is 26.2 Å². The lowest BCUT2D eigenvalue weighted by Gasteiger charge is -2.18. The van der Waals surface area contributed by atoms with Crippen LogP contribution in [0.5, 0.6) is 11.5 Å². The smallest absolute Gasteiger partial charge is 0.313 e. The number of ether oxygens (including phenoxy) is 2. The van der Waals surface area contributed by atoms with Crippen molar-refractivity contribution in [3.05, 3.63) is 18.2 Å². The fourth-order valence-corrected chi connectivity index (χ4v) is 1.97. The molecular formula is C15H20N2O4. The average molecular weight is 292 g/mol. The van der Waals surface area contributed by atoms with Crippen molar-refractivity contribution in [2.24, 2.45) is 0 Å².